The van der Waals surface area contributed by atoms with Gasteiger partial charge in [-0.25, -0.2) is 0 Å². The summed E-state index contributed by atoms with van der Waals surface area (Å²) in [6.45, 7) is 3.39. The first-order chi connectivity index (χ1) is 8.24. The maximum atomic E-state index is 5.46. The Labute approximate surface area is 103 Å². The van der Waals surface area contributed by atoms with Crippen molar-refractivity contribution >= 4 is 0 Å². The SMILES string of the molecule is COc1ccc(C2CC(C)CCN2)c(OC)c1. The van der Waals surface area contributed by atoms with E-state index in [9.17, 15) is 0 Å². The fourth-order valence-corrected chi connectivity index (χ4v) is 2.45. The third-order valence-electron chi connectivity index (χ3n) is 3.48. The van der Waals surface area contributed by atoms with Gasteiger partial charge in [-0.3, -0.25) is 0 Å². The molecule has 1 N–H and O–H groups in total. The molecule has 2 unspecified atom stereocenters. The zero-order valence-electron chi connectivity index (χ0n) is 10.8. The van der Waals surface area contributed by atoms with E-state index in [2.05, 4.69) is 18.3 Å². The maximum Gasteiger partial charge on any atom is 0.127 e. The van der Waals surface area contributed by atoms with Crippen LogP contribution in [0, 0.1) is 5.92 Å². The van der Waals surface area contributed by atoms with Crippen LogP contribution in [0.2, 0.25) is 0 Å². The van der Waals surface area contributed by atoms with Crippen molar-refractivity contribution < 1.29 is 9.47 Å². The molecule has 1 heterocycles. The zero-order valence-corrected chi connectivity index (χ0v) is 10.8. The summed E-state index contributed by atoms with van der Waals surface area (Å²) in [7, 11) is 3.39. The van der Waals surface area contributed by atoms with E-state index in [1.54, 1.807) is 14.2 Å². The Bertz CT molecular complexity index is 378. The summed E-state index contributed by atoms with van der Waals surface area (Å²) >= 11 is 0. The van der Waals surface area contributed by atoms with Gasteiger partial charge in [0.05, 0.1) is 14.2 Å². The first-order valence-corrected chi connectivity index (χ1v) is 6.20. The lowest BCUT2D eigenvalue weighted by Gasteiger charge is -2.29. The number of methoxy groups -OCH3 is 2. The molecule has 17 heavy (non-hydrogen) atoms. The van der Waals surface area contributed by atoms with Gasteiger partial charge in [0, 0.05) is 17.7 Å². The lowest BCUT2D eigenvalue weighted by molar-refractivity contribution is 0.314. The van der Waals surface area contributed by atoms with Crippen molar-refractivity contribution in [2.24, 2.45) is 5.92 Å². The second-order valence-electron chi connectivity index (χ2n) is 4.74. The van der Waals surface area contributed by atoms with Crippen LogP contribution in [0.4, 0.5) is 0 Å². The molecular formula is C14H21NO2. The predicted molar refractivity (Wildman–Crippen MR) is 68.7 cm³/mol. The van der Waals surface area contributed by atoms with Crippen LogP contribution in [-0.2, 0) is 0 Å². The molecule has 2 rings (SSSR count). The number of hydrogen-bond donors (Lipinski definition) is 1. The Morgan fingerprint density at radius 2 is 2.06 bits per heavy atom. The molecule has 0 saturated carbocycles. The highest BCUT2D eigenvalue weighted by Crippen LogP contribution is 2.34. The molecule has 0 aliphatic carbocycles. The molecule has 1 aliphatic rings. The standard InChI is InChI=1S/C14H21NO2/c1-10-6-7-15-13(8-10)12-5-4-11(16-2)9-14(12)17-3/h4-5,9-10,13,15H,6-8H2,1-3H3. The smallest absolute Gasteiger partial charge is 0.127 e. The van der Waals surface area contributed by atoms with Gasteiger partial charge in [0.2, 0.25) is 0 Å². The Kier molecular flexibility index (Phi) is 3.89. The van der Waals surface area contributed by atoms with E-state index in [0.29, 0.717) is 6.04 Å². The number of piperidine rings is 1. The summed E-state index contributed by atoms with van der Waals surface area (Å²) < 4.78 is 10.7. The van der Waals surface area contributed by atoms with E-state index in [-0.39, 0.29) is 0 Å². The summed E-state index contributed by atoms with van der Waals surface area (Å²) in [6, 6.07) is 6.46. The molecule has 1 aliphatic heterocycles. The molecule has 1 saturated heterocycles. The van der Waals surface area contributed by atoms with Crippen molar-refractivity contribution in [2.75, 3.05) is 20.8 Å². The lowest BCUT2D eigenvalue weighted by Crippen LogP contribution is -2.30. The van der Waals surface area contributed by atoms with Crippen molar-refractivity contribution in [3.8, 4) is 11.5 Å². The number of hydrogen-bond acceptors (Lipinski definition) is 3. The monoisotopic (exact) mass is 235 g/mol. The first kappa shape index (κ1) is 12.2. The maximum absolute atomic E-state index is 5.46. The summed E-state index contributed by atoms with van der Waals surface area (Å²) in [6.07, 6.45) is 2.43. The molecule has 3 nitrogen and oxygen atoms in total. The van der Waals surface area contributed by atoms with Gasteiger partial charge < -0.3 is 14.8 Å². The molecule has 0 bridgehead atoms. The molecule has 0 spiro atoms. The minimum atomic E-state index is 0.402. The zero-order chi connectivity index (χ0) is 12.3. The Morgan fingerprint density at radius 3 is 2.71 bits per heavy atom. The van der Waals surface area contributed by atoms with Crippen molar-refractivity contribution in [1.29, 1.82) is 0 Å². The fourth-order valence-electron chi connectivity index (χ4n) is 2.45. The van der Waals surface area contributed by atoms with E-state index in [0.717, 1.165) is 24.0 Å². The number of rotatable bonds is 3. The van der Waals surface area contributed by atoms with Crippen molar-refractivity contribution in [3.05, 3.63) is 23.8 Å². The molecule has 0 radical (unpaired) electrons. The number of nitrogens with one attached hydrogen (secondary N) is 1. The third kappa shape index (κ3) is 2.72. The Morgan fingerprint density at radius 1 is 1.24 bits per heavy atom. The van der Waals surface area contributed by atoms with Gasteiger partial charge in [0.15, 0.2) is 0 Å². The third-order valence-corrected chi connectivity index (χ3v) is 3.48. The molecule has 1 fully saturated rings. The van der Waals surface area contributed by atoms with Crippen LogP contribution >= 0.6 is 0 Å². The summed E-state index contributed by atoms with van der Waals surface area (Å²) in [5.41, 5.74) is 1.24. The average Bonchev–Trinajstić information content (AvgIpc) is 2.38. The van der Waals surface area contributed by atoms with Gasteiger partial charge >= 0.3 is 0 Å². The number of benzene rings is 1. The minimum Gasteiger partial charge on any atom is -0.497 e. The topological polar surface area (TPSA) is 30.5 Å². The van der Waals surface area contributed by atoms with Gasteiger partial charge in [0.25, 0.3) is 0 Å². The van der Waals surface area contributed by atoms with E-state index >= 15 is 0 Å². The molecule has 2 atom stereocenters. The van der Waals surface area contributed by atoms with Gasteiger partial charge in [-0.1, -0.05) is 13.0 Å². The Balaban J connectivity index is 2.24. The second-order valence-corrected chi connectivity index (χ2v) is 4.74. The fraction of sp³-hybridized carbons (Fsp3) is 0.571. The molecule has 1 aromatic carbocycles. The van der Waals surface area contributed by atoms with Crippen LogP contribution < -0.4 is 14.8 Å². The van der Waals surface area contributed by atoms with Gasteiger partial charge in [-0.05, 0) is 31.4 Å². The van der Waals surface area contributed by atoms with Crippen molar-refractivity contribution in [2.45, 2.75) is 25.8 Å². The van der Waals surface area contributed by atoms with Gasteiger partial charge in [-0.15, -0.1) is 0 Å². The van der Waals surface area contributed by atoms with Crippen LogP contribution in [0.15, 0.2) is 18.2 Å². The summed E-state index contributed by atoms with van der Waals surface area (Å²) in [5.74, 6) is 2.53. The Hall–Kier alpha value is -1.22. The van der Waals surface area contributed by atoms with Crippen LogP contribution in [0.3, 0.4) is 0 Å². The van der Waals surface area contributed by atoms with Crippen molar-refractivity contribution in [3.63, 3.8) is 0 Å². The molecule has 0 aromatic heterocycles. The predicted octanol–water partition coefficient (Wildman–Crippen LogP) is 2.76. The molecule has 3 heteroatoms. The largest absolute Gasteiger partial charge is 0.497 e. The quantitative estimate of drug-likeness (QED) is 0.874. The van der Waals surface area contributed by atoms with Gasteiger partial charge in [0.1, 0.15) is 11.5 Å². The molecular weight excluding hydrogens is 214 g/mol. The molecule has 94 valence electrons. The highest BCUT2D eigenvalue weighted by Gasteiger charge is 2.22. The number of ether oxygens (including phenoxy) is 2. The summed E-state index contributed by atoms with van der Waals surface area (Å²) in [4.78, 5) is 0. The van der Waals surface area contributed by atoms with E-state index < -0.39 is 0 Å². The normalized spacial score (nSPS) is 24.4. The highest BCUT2D eigenvalue weighted by atomic mass is 16.5. The van der Waals surface area contributed by atoms with Crippen LogP contribution in [0.1, 0.15) is 31.4 Å². The minimum absolute atomic E-state index is 0.402. The van der Waals surface area contributed by atoms with E-state index in [1.165, 1.54) is 18.4 Å². The van der Waals surface area contributed by atoms with Crippen LogP contribution in [0.25, 0.3) is 0 Å². The van der Waals surface area contributed by atoms with E-state index in [1.807, 2.05) is 12.1 Å². The lowest BCUT2D eigenvalue weighted by atomic mass is 9.89. The molecule has 1 aromatic rings. The highest BCUT2D eigenvalue weighted by molar-refractivity contribution is 5.42. The second kappa shape index (κ2) is 5.41. The summed E-state index contributed by atoms with van der Waals surface area (Å²) in [5, 5.41) is 3.56. The van der Waals surface area contributed by atoms with Gasteiger partial charge in [-0.2, -0.15) is 0 Å². The first-order valence-electron chi connectivity index (χ1n) is 6.20. The van der Waals surface area contributed by atoms with Crippen molar-refractivity contribution in [1.82, 2.24) is 5.32 Å². The molecule has 0 amide bonds. The van der Waals surface area contributed by atoms with E-state index in [4.69, 9.17) is 9.47 Å². The average molecular weight is 235 g/mol. The van der Waals surface area contributed by atoms with Crippen LogP contribution in [-0.4, -0.2) is 20.8 Å². The van der Waals surface area contributed by atoms with Crippen LogP contribution in [0.5, 0.6) is 11.5 Å².